The van der Waals surface area contributed by atoms with Gasteiger partial charge in [-0.25, -0.2) is 0 Å². The Bertz CT molecular complexity index is 137. The van der Waals surface area contributed by atoms with E-state index in [2.05, 4.69) is 27.7 Å². The van der Waals surface area contributed by atoms with Crippen LogP contribution in [0.15, 0.2) is 0 Å². The quantitative estimate of drug-likeness (QED) is 0.531. The van der Waals surface area contributed by atoms with Crippen molar-refractivity contribution in [3.05, 3.63) is 0 Å². The molecule has 3 unspecified atom stereocenters. The van der Waals surface area contributed by atoms with E-state index in [-0.39, 0.29) is 0 Å². The van der Waals surface area contributed by atoms with Crippen LogP contribution in [0, 0.1) is 23.7 Å². The third-order valence-electron chi connectivity index (χ3n) is 3.90. The van der Waals surface area contributed by atoms with E-state index in [0.29, 0.717) is 0 Å². The summed E-state index contributed by atoms with van der Waals surface area (Å²) < 4.78 is 0. The molecule has 1 saturated carbocycles. The van der Waals surface area contributed by atoms with Crippen LogP contribution in [0.1, 0.15) is 59.8 Å². The standard InChI is InChI=1S/C13H26/c1-10(2)11(3)7-5-6-8-13-9-12(13)4/h10-13H,5-9H2,1-4H3. The van der Waals surface area contributed by atoms with Crippen LogP contribution in [0.5, 0.6) is 0 Å². The predicted molar refractivity (Wildman–Crippen MR) is 59.7 cm³/mol. The Hall–Kier alpha value is 0. The van der Waals surface area contributed by atoms with E-state index in [4.69, 9.17) is 0 Å². The van der Waals surface area contributed by atoms with Crippen LogP contribution in [0.25, 0.3) is 0 Å². The fourth-order valence-corrected chi connectivity index (χ4v) is 2.01. The van der Waals surface area contributed by atoms with Crippen molar-refractivity contribution in [1.82, 2.24) is 0 Å². The lowest BCUT2D eigenvalue weighted by Crippen LogP contribution is -2.03. The Morgan fingerprint density at radius 3 is 2.23 bits per heavy atom. The Morgan fingerprint density at radius 2 is 1.77 bits per heavy atom. The fourth-order valence-electron chi connectivity index (χ4n) is 2.01. The first kappa shape index (κ1) is 11.1. The summed E-state index contributed by atoms with van der Waals surface area (Å²) in [6, 6.07) is 0. The molecule has 1 fully saturated rings. The predicted octanol–water partition coefficient (Wildman–Crippen LogP) is 4.49. The van der Waals surface area contributed by atoms with Gasteiger partial charge in [0.05, 0.1) is 0 Å². The van der Waals surface area contributed by atoms with Crippen molar-refractivity contribution in [2.45, 2.75) is 59.8 Å². The van der Waals surface area contributed by atoms with E-state index < -0.39 is 0 Å². The maximum atomic E-state index is 2.39. The van der Waals surface area contributed by atoms with Gasteiger partial charge in [-0.2, -0.15) is 0 Å². The summed E-state index contributed by atoms with van der Waals surface area (Å²) in [6.45, 7) is 9.47. The molecule has 0 N–H and O–H groups in total. The zero-order chi connectivity index (χ0) is 9.84. The zero-order valence-electron chi connectivity index (χ0n) is 9.84. The molecule has 1 rings (SSSR count). The molecular formula is C13H26. The van der Waals surface area contributed by atoms with Gasteiger partial charge in [0.2, 0.25) is 0 Å². The van der Waals surface area contributed by atoms with E-state index in [1.54, 1.807) is 0 Å². The molecule has 0 aliphatic heterocycles. The third kappa shape index (κ3) is 4.15. The molecule has 0 aromatic rings. The van der Waals surface area contributed by atoms with Gasteiger partial charge < -0.3 is 0 Å². The van der Waals surface area contributed by atoms with Crippen LogP contribution >= 0.6 is 0 Å². The molecule has 0 saturated heterocycles. The molecule has 0 bridgehead atoms. The van der Waals surface area contributed by atoms with Crippen molar-refractivity contribution in [1.29, 1.82) is 0 Å². The van der Waals surface area contributed by atoms with Crippen molar-refractivity contribution in [3.63, 3.8) is 0 Å². The van der Waals surface area contributed by atoms with Gasteiger partial charge >= 0.3 is 0 Å². The summed E-state index contributed by atoms with van der Waals surface area (Å²) >= 11 is 0. The highest BCUT2D eigenvalue weighted by molar-refractivity contribution is 4.81. The normalized spacial score (nSPS) is 29.3. The molecular weight excluding hydrogens is 156 g/mol. The second kappa shape index (κ2) is 5.02. The van der Waals surface area contributed by atoms with Gasteiger partial charge in [0.25, 0.3) is 0 Å². The highest BCUT2D eigenvalue weighted by Crippen LogP contribution is 2.41. The summed E-state index contributed by atoms with van der Waals surface area (Å²) in [6.07, 6.45) is 7.40. The monoisotopic (exact) mass is 182 g/mol. The summed E-state index contributed by atoms with van der Waals surface area (Å²) in [5.74, 6) is 3.97. The van der Waals surface area contributed by atoms with Crippen molar-refractivity contribution < 1.29 is 0 Å². The first-order chi connectivity index (χ1) is 6.11. The SMILES string of the molecule is CC(C)C(C)CCCCC1CC1C. The third-order valence-corrected chi connectivity index (χ3v) is 3.90. The van der Waals surface area contributed by atoms with Gasteiger partial charge in [0.15, 0.2) is 0 Å². The Kier molecular flexibility index (Phi) is 4.28. The lowest BCUT2D eigenvalue weighted by molar-refractivity contribution is 0.373. The smallest absolute Gasteiger partial charge is 0.0386 e. The van der Waals surface area contributed by atoms with Crippen molar-refractivity contribution in [2.24, 2.45) is 23.7 Å². The van der Waals surface area contributed by atoms with E-state index in [1.165, 1.54) is 32.1 Å². The van der Waals surface area contributed by atoms with Crippen LogP contribution in [-0.4, -0.2) is 0 Å². The second-order valence-corrected chi connectivity index (χ2v) is 5.48. The average molecular weight is 182 g/mol. The van der Waals surface area contributed by atoms with Gasteiger partial charge in [-0.3, -0.25) is 0 Å². The minimum atomic E-state index is 0.875. The first-order valence-electron chi connectivity index (χ1n) is 6.11. The lowest BCUT2D eigenvalue weighted by Gasteiger charge is -2.14. The van der Waals surface area contributed by atoms with E-state index in [1.807, 2.05) is 0 Å². The highest BCUT2D eigenvalue weighted by atomic mass is 14.4. The minimum Gasteiger partial charge on any atom is -0.0625 e. The number of hydrogen-bond acceptors (Lipinski definition) is 0. The van der Waals surface area contributed by atoms with Gasteiger partial charge in [-0.05, 0) is 30.1 Å². The zero-order valence-corrected chi connectivity index (χ0v) is 9.84. The Morgan fingerprint density at radius 1 is 1.15 bits per heavy atom. The van der Waals surface area contributed by atoms with Crippen LogP contribution in [0.3, 0.4) is 0 Å². The van der Waals surface area contributed by atoms with E-state index >= 15 is 0 Å². The topological polar surface area (TPSA) is 0 Å². The van der Waals surface area contributed by atoms with E-state index in [0.717, 1.165) is 23.7 Å². The number of unbranched alkanes of at least 4 members (excludes halogenated alkanes) is 1. The number of rotatable bonds is 6. The Balaban J connectivity index is 1.89. The van der Waals surface area contributed by atoms with Crippen LogP contribution in [0.2, 0.25) is 0 Å². The van der Waals surface area contributed by atoms with Gasteiger partial charge in [-0.1, -0.05) is 53.4 Å². The highest BCUT2D eigenvalue weighted by Gasteiger charge is 2.31. The summed E-state index contributed by atoms with van der Waals surface area (Å²) in [7, 11) is 0. The van der Waals surface area contributed by atoms with Gasteiger partial charge in [0.1, 0.15) is 0 Å². The summed E-state index contributed by atoms with van der Waals surface area (Å²) in [5, 5.41) is 0. The fraction of sp³-hybridized carbons (Fsp3) is 1.00. The largest absolute Gasteiger partial charge is 0.0625 e. The molecule has 0 radical (unpaired) electrons. The molecule has 0 heterocycles. The molecule has 0 amide bonds. The molecule has 0 spiro atoms. The van der Waals surface area contributed by atoms with Crippen LogP contribution in [0.4, 0.5) is 0 Å². The second-order valence-electron chi connectivity index (χ2n) is 5.48. The van der Waals surface area contributed by atoms with E-state index in [9.17, 15) is 0 Å². The molecule has 0 aromatic carbocycles. The van der Waals surface area contributed by atoms with Gasteiger partial charge in [0, 0.05) is 0 Å². The first-order valence-corrected chi connectivity index (χ1v) is 6.11. The molecule has 1 aliphatic carbocycles. The molecule has 0 aromatic heterocycles. The summed E-state index contributed by atoms with van der Waals surface area (Å²) in [4.78, 5) is 0. The molecule has 3 atom stereocenters. The lowest BCUT2D eigenvalue weighted by atomic mass is 9.92. The minimum absolute atomic E-state index is 0.875. The molecule has 0 nitrogen and oxygen atoms in total. The maximum absolute atomic E-state index is 2.39. The average Bonchev–Trinajstić information content (AvgIpc) is 2.75. The van der Waals surface area contributed by atoms with Crippen molar-refractivity contribution >= 4 is 0 Å². The van der Waals surface area contributed by atoms with Crippen LogP contribution in [-0.2, 0) is 0 Å². The van der Waals surface area contributed by atoms with Crippen molar-refractivity contribution in [2.75, 3.05) is 0 Å². The van der Waals surface area contributed by atoms with Gasteiger partial charge in [-0.15, -0.1) is 0 Å². The maximum Gasteiger partial charge on any atom is -0.0386 e. The summed E-state index contributed by atoms with van der Waals surface area (Å²) in [5.41, 5.74) is 0. The number of hydrogen-bond donors (Lipinski definition) is 0. The molecule has 0 heteroatoms. The Labute approximate surface area is 84.1 Å². The molecule has 13 heavy (non-hydrogen) atoms. The van der Waals surface area contributed by atoms with Crippen molar-refractivity contribution in [3.8, 4) is 0 Å². The molecule has 1 aliphatic rings. The van der Waals surface area contributed by atoms with Crippen LogP contribution < -0.4 is 0 Å². The molecule has 78 valence electrons.